The summed E-state index contributed by atoms with van der Waals surface area (Å²) in [4.78, 5) is 24.3. The molecule has 6 aromatic rings. The van der Waals surface area contributed by atoms with Crippen molar-refractivity contribution in [2.45, 2.75) is 119 Å². The van der Waals surface area contributed by atoms with Crippen molar-refractivity contribution >= 4 is 0 Å². The molecule has 0 aliphatic rings. The van der Waals surface area contributed by atoms with Crippen LogP contribution in [-0.4, -0.2) is 40.1 Å². The lowest BCUT2D eigenvalue weighted by atomic mass is 10.0. The zero-order valence-corrected chi connectivity index (χ0v) is 34.7. The Morgan fingerprint density at radius 3 is 1.19 bits per heavy atom. The van der Waals surface area contributed by atoms with Crippen LogP contribution in [0.5, 0.6) is 0 Å². The normalized spacial score (nSPS) is 10.1. The number of benzene rings is 1. The summed E-state index contributed by atoms with van der Waals surface area (Å²) in [6.07, 6.45) is 15.9. The fraction of sp³-hybridized carbons (Fsp3) is 0.391. The van der Waals surface area contributed by atoms with Gasteiger partial charge in [0.25, 0.3) is 0 Å². The average Bonchev–Trinajstić information content (AvgIpc) is 3.21. The first-order valence-corrected chi connectivity index (χ1v) is 19.0. The minimum absolute atomic E-state index is 0.436. The van der Waals surface area contributed by atoms with Crippen LogP contribution in [-0.2, 0) is 0 Å². The number of hydrogen-bond donors (Lipinski definition) is 0. The van der Waals surface area contributed by atoms with Crippen molar-refractivity contribution in [3.05, 3.63) is 169 Å². The van der Waals surface area contributed by atoms with Crippen molar-refractivity contribution in [1.82, 2.24) is 40.1 Å². The minimum atomic E-state index is 0.436. The Kier molecular flexibility index (Phi) is 24.5. The molecule has 0 saturated heterocycles. The van der Waals surface area contributed by atoms with E-state index in [2.05, 4.69) is 147 Å². The third-order valence-corrected chi connectivity index (χ3v) is 7.58. The molecule has 288 valence electrons. The summed E-state index contributed by atoms with van der Waals surface area (Å²) in [7, 11) is 0. The van der Waals surface area contributed by atoms with E-state index in [9.17, 15) is 0 Å². The van der Waals surface area contributed by atoms with Crippen molar-refractivity contribution < 1.29 is 0 Å². The van der Waals surface area contributed by atoms with Crippen LogP contribution in [0.2, 0.25) is 0 Å². The quantitative estimate of drug-likeness (QED) is 0.167. The maximum atomic E-state index is 4.18. The highest BCUT2D eigenvalue weighted by Gasteiger charge is 1.99. The summed E-state index contributed by atoms with van der Waals surface area (Å²) < 4.78 is 0. The monoisotopic (exact) mass is 729 g/mol. The zero-order chi connectivity index (χ0) is 40.1. The van der Waals surface area contributed by atoms with Gasteiger partial charge in [-0.15, -0.1) is 0 Å². The number of aromatic nitrogens is 8. The van der Waals surface area contributed by atoms with Gasteiger partial charge in [-0.3, -0.25) is 19.9 Å². The van der Waals surface area contributed by atoms with E-state index in [1.807, 2.05) is 73.2 Å². The van der Waals surface area contributed by atoms with Gasteiger partial charge in [0.15, 0.2) is 0 Å². The van der Waals surface area contributed by atoms with Crippen LogP contribution in [0, 0.1) is 0 Å². The minimum Gasteiger partial charge on any atom is -0.265 e. The lowest BCUT2D eigenvalue weighted by molar-refractivity contribution is 0.774. The molecule has 0 bridgehead atoms. The summed E-state index contributed by atoms with van der Waals surface area (Å²) in [5, 5.41) is 7.68. The lowest BCUT2D eigenvalue weighted by Gasteiger charge is -2.01. The fourth-order valence-electron chi connectivity index (χ4n) is 4.14. The fourth-order valence-corrected chi connectivity index (χ4v) is 4.14. The third kappa shape index (κ3) is 22.0. The van der Waals surface area contributed by atoms with E-state index in [0.717, 1.165) is 22.9 Å². The maximum Gasteiger partial charge on any atom is 0.130 e. The van der Waals surface area contributed by atoms with Crippen molar-refractivity contribution in [2.24, 2.45) is 0 Å². The Morgan fingerprint density at radius 2 is 0.852 bits per heavy atom. The zero-order valence-electron chi connectivity index (χ0n) is 34.7. The van der Waals surface area contributed by atoms with Crippen LogP contribution >= 0.6 is 0 Å². The van der Waals surface area contributed by atoms with E-state index in [0.29, 0.717) is 35.5 Å². The Hall–Kier alpha value is -5.24. The molecule has 54 heavy (non-hydrogen) atoms. The van der Waals surface area contributed by atoms with Gasteiger partial charge in [-0.1, -0.05) is 119 Å². The Morgan fingerprint density at radius 1 is 0.333 bits per heavy atom. The average molecular weight is 729 g/mol. The second-order valence-electron chi connectivity index (χ2n) is 14.3. The lowest BCUT2D eigenvalue weighted by Crippen LogP contribution is -1.93. The van der Waals surface area contributed by atoms with E-state index in [4.69, 9.17) is 0 Å². The molecule has 5 heterocycles. The van der Waals surface area contributed by atoms with Crippen LogP contribution < -0.4 is 0 Å². The highest BCUT2D eigenvalue weighted by Crippen LogP contribution is 2.13. The number of pyridine rings is 2. The second-order valence-corrected chi connectivity index (χ2v) is 14.3. The Labute approximate surface area is 326 Å². The van der Waals surface area contributed by atoms with Gasteiger partial charge < -0.3 is 0 Å². The topological polar surface area (TPSA) is 103 Å². The van der Waals surface area contributed by atoms with E-state index in [-0.39, 0.29) is 0 Å². The molecule has 0 unspecified atom stereocenters. The largest absolute Gasteiger partial charge is 0.265 e. The number of rotatable bonds is 6. The van der Waals surface area contributed by atoms with Crippen LogP contribution in [0.4, 0.5) is 0 Å². The molecular formula is C46H64N8. The first-order chi connectivity index (χ1) is 25.8. The van der Waals surface area contributed by atoms with Gasteiger partial charge in [0, 0.05) is 67.4 Å². The number of nitrogens with zero attached hydrogens (tertiary/aromatic N) is 8. The Balaban J connectivity index is 0.000000324. The van der Waals surface area contributed by atoms with Gasteiger partial charge in [-0.2, -0.15) is 10.2 Å². The molecular weight excluding hydrogens is 665 g/mol. The van der Waals surface area contributed by atoms with Gasteiger partial charge in [0.2, 0.25) is 0 Å². The van der Waals surface area contributed by atoms with Gasteiger partial charge in [0.1, 0.15) is 5.82 Å². The molecule has 0 aliphatic carbocycles. The first-order valence-electron chi connectivity index (χ1n) is 19.0. The summed E-state index contributed by atoms with van der Waals surface area (Å²) in [6.45, 7) is 25.6. The number of hydrogen-bond acceptors (Lipinski definition) is 8. The molecule has 0 aliphatic heterocycles. The van der Waals surface area contributed by atoms with Crippen molar-refractivity contribution in [2.75, 3.05) is 0 Å². The third-order valence-electron chi connectivity index (χ3n) is 7.58. The molecule has 8 nitrogen and oxygen atoms in total. The van der Waals surface area contributed by atoms with Crippen LogP contribution in [0.3, 0.4) is 0 Å². The highest BCUT2D eigenvalue weighted by atomic mass is 15.1. The molecule has 0 radical (unpaired) electrons. The molecule has 0 atom stereocenters. The van der Waals surface area contributed by atoms with Crippen LogP contribution in [0.25, 0.3) is 0 Å². The first kappa shape index (κ1) is 46.8. The van der Waals surface area contributed by atoms with Crippen molar-refractivity contribution in [1.29, 1.82) is 0 Å². The van der Waals surface area contributed by atoms with Gasteiger partial charge >= 0.3 is 0 Å². The van der Waals surface area contributed by atoms with Crippen molar-refractivity contribution in [3.63, 3.8) is 0 Å². The van der Waals surface area contributed by atoms with E-state index in [1.54, 1.807) is 37.2 Å². The van der Waals surface area contributed by atoms with E-state index >= 15 is 0 Å². The van der Waals surface area contributed by atoms with Gasteiger partial charge in [0.05, 0.1) is 11.4 Å². The predicted molar refractivity (Wildman–Crippen MR) is 226 cm³/mol. The summed E-state index contributed by atoms with van der Waals surface area (Å²) in [5.41, 5.74) is 6.04. The second kappa shape index (κ2) is 28.3. The smallest absolute Gasteiger partial charge is 0.130 e. The predicted octanol–water partition coefficient (Wildman–Crippen LogP) is 12.0. The van der Waals surface area contributed by atoms with Crippen molar-refractivity contribution in [3.8, 4) is 0 Å². The molecule has 6 rings (SSSR count). The molecule has 0 saturated carbocycles. The molecule has 0 fully saturated rings. The van der Waals surface area contributed by atoms with Gasteiger partial charge in [-0.05, 0) is 83.2 Å². The molecule has 0 amide bonds. The standard InChI is InChI=1S/C9H12.2C8H11N.3C7H10N2/c1-8(2)9-6-4-3-5-7-9;1-7(2)8-3-5-9-6-4-8;1-7(2)8-5-3-4-6-9-8;1-6(2)7-5-8-3-4-9-7;1-6(2)7-8-4-3-5-9-7;1-6(2)7-4-3-5-8-9-7/h3-8H,1-2H3;2*3-7H,1-2H3;3*3-6H,1-2H3. The highest BCUT2D eigenvalue weighted by molar-refractivity contribution is 5.17. The summed E-state index contributed by atoms with van der Waals surface area (Å²) in [5.74, 6) is 4.14. The molecule has 1 aromatic carbocycles. The van der Waals surface area contributed by atoms with Gasteiger partial charge in [-0.25, -0.2) is 9.97 Å². The van der Waals surface area contributed by atoms with Crippen LogP contribution in [0.15, 0.2) is 135 Å². The molecule has 0 N–H and O–H groups in total. The molecule has 8 heteroatoms. The molecule has 0 spiro atoms. The summed E-state index contributed by atoms with van der Waals surface area (Å²) >= 11 is 0. The Bertz CT molecular complexity index is 1350. The van der Waals surface area contributed by atoms with Crippen LogP contribution in [0.1, 0.15) is 153 Å². The van der Waals surface area contributed by atoms with E-state index in [1.165, 1.54) is 11.1 Å². The summed E-state index contributed by atoms with van der Waals surface area (Å²) in [6, 6.07) is 26.3. The van der Waals surface area contributed by atoms with E-state index < -0.39 is 0 Å². The molecule has 5 aromatic heterocycles. The maximum absolute atomic E-state index is 4.18. The SMILES string of the molecule is CC(C)c1ccccc1.CC(C)c1ccccn1.CC(C)c1cccnn1.CC(C)c1ccncc1.CC(C)c1cnccn1.CC(C)c1ncccn1.